The van der Waals surface area contributed by atoms with Gasteiger partial charge in [-0.1, -0.05) is 52.0 Å². The summed E-state index contributed by atoms with van der Waals surface area (Å²) in [7, 11) is 2.45. The van der Waals surface area contributed by atoms with Crippen LogP contribution in [0.15, 0.2) is 83.5 Å². The fraction of sp³-hybridized carbons (Fsp3) is 0.391. The van der Waals surface area contributed by atoms with Gasteiger partial charge >= 0.3 is 12.2 Å². The van der Waals surface area contributed by atoms with E-state index in [9.17, 15) is 33.2 Å². The van der Waals surface area contributed by atoms with E-state index in [0.29, 0.717) is 78.2 Å². The third-order valence-corrected chi connectivity index (χ3v) is 11.3. The third kappa shape index (κ3) is 10.1. The first-order chi connectivity index (χ1) is 29.7. The van der Waals surface area contributed by atoms with Gasteiger partial charge in [-0.05, 0) is 97.2 Å². The molecule has 4 aromatic rings. The summed E-state index contributed by atoms with van der Waals surface area (Å²) in [6, 6.07) is 17.1. The van der Waals surface area contributed by atoms with Gasteiger partial charge in [-0.2, -0.15) is 0 Å². The molecule has 2 fully saturated rings. The van der Waals surface area contributed by atoms with Gasteiger partial charge in [0.15, 0.2) is 0 Å². The van der Waals surface area contributed by atoms with Gasteiger partial charge in [-0.15, -0.1) is 0 Å². The summed E-state index contributed by atoms with van der Waals surface area (Å²) in [6.07, 6.45) is 2.38. The highest BCUT2D eigenvalue weighted by Gasteiger charge is 2.40. The van der Waals surface area contributed by atoms with E-state index in [-0.39, 0.29) is 35.5 Å². The Labute approximate surface area is 359 Å². The predicted octanol–water partition coefficient (Wildman–Crippen LogP) is 7.04. The van der Waals surface area contributed by atoms with Crippen LogP contribution >= 0.6 is 0 Å². The molecule has 3 heterocycles. The zero-order valence-electron chi connectivity index (χ0n) is 35.7. The van der Waals surface area contributed by atoms with Gasteiger partial charge in [0.1, 0.15) is 35.7 Å². The smallest absolute Gasteiger partial charge is 0.407 e. The number of rotatable bonds is 13. The number of likely N-dealkylation sites (tertiary alicyclic amines) is 2. The number of hydrogen-bond acceptors (Lipinski definition) is 9. The Morgan fingerprint density at radius 1 is 0.629 bits per heavy atom. The second-order valence-electron chi connectivity index (χ2n) is 16.1. The number of furan rings is 1. The Morgan fingerprint density at radius 3 is 1.47 bits per heavy atom. The molecule has 0 bridgehead atoms. The number of nitrogens with one attached hydrogen (secondary N) is 4. The van der Waals surface area contributed by atoms with Crippen LogP contribution in [-0.2, 0) is 28.7 Å². The lowest BCUT2D eigenvalue weighted by atomic mass is 9.94. The summed E-state index contributed by atoms with van der Waals surface area (Å²) in [4.78, 5) is 81.0. The van der Waals surface area contributed by atoms with Crippen LogP contribution in [0.2, 0.25) is 0 Å². The first-order valence-corrected chi connectivity index (χ1v) is 20.7. The molecule has 0 radical (unpaired) electrons. The average Bonchev–Trinajstić information content (AvgIpc) is 4.06. The Morgan fingerprint density at radius 2 is 1.05 bits per heavy atom. The molecule has 2 aliphatic rings. The largest absolute Gasteiger partial charge is 0.463 e. The number of benzene rings is 3. The lowest BCUT2D eigenvalue weighted by Gasteiger charge is -2.30. The Kier molecular flexibility index (Phi) is 14.3. The van der Waals surface area contributed by atoms with Crippen LogP contribution in [0.3, 0.4) is 0 Å². The number of anilines is 2. The van der Waals surface area contributed by atoms with Crippen LogP contribution in [0.4, 0.5) is 25.4 Å². The molecule has 4 atom stereocenters. The van der Waals surface area contributed by atoms with Crippen molar-refractivity contribution in [2.75, 3.05) is 37.9 Å². The molecule has 0 spiro atoms. The van der Waals surface area contributed by atoms with Gasteiger partial charge in [0.25, 0.3) is 0 Å². The van der Waals surface area contributed by atoms with E-state index in [1.54, 1.807) is 54.8 Å². The minimum Gasteiger partial charge on any atom is -0.463 e. The van der Waals surface area contributed by atoms with Crippen molar-refractivity contribution in [3.63, 3.8) is 0 Å². The number of ether oxygens (including phenoxy) is 2. The minimum absolute atomic E-state index is 0.231. The number of carbonyl (C=O) groups excluding carboxylic acids is 6. The SMILES string of the molecule is COC(=O)N[C@H](C(=O)N1CCC[C@H]1C(=O)Nc1ccc(-c2coc(-c3ccc(NC(=O)[C@@H]4CCCN4C(=O)[C@@H](NC(=O)OC)C(C)C)cc3)c2-c2ccc(F)cc2)cc1)C(C)C. The van der Waals surface area contributed by atoms with Crippen molar-refractivity contribution in [3.8, 4) is 33.6 Å². The van der Waals surface area contributed by atoms with E-state index in [1.807, 2.05) is 39.8 Å². The monoisotopic (exact) mass is 852 g/mol. The first kappa shape index (κ1) is 44.8. The number of hydrogen-bond donors (Lipinski definition) is 4. The Balaban J connectivity index is 1.18. The molecular formula is C46H53FN6O9. The van der Waals surface area contributed by atoms with E-state index in [0.717, 1.165) is 5.56 Å². The molecule has 0 aliphatic carbocycles. The van der Waals surface area contributed by atoms with E-state index >= 15 is 0 Å². The number of halogens is 1. The molecule has 0 saturated carbocycles. The molecule has 62 heavy (non-hydrogen) atoms. The predicted molar refractivity (Wildman–Crippen MR) is 230 cm³/mol. The van der Waals surface area contributed by atoms with Gasteiger partial charge in [0, 0.05) is 41.2 Å². The maximum atomic E-state index is 14.1. The highest BCUT2D eigenvalue weighted by molar-refractivity contribution is 6.00. The molecule has 328 valence electrons. The van der Waals surface area contributed by atoms with E-state index in [2.05, 4.69) is 21.3 Å². The van der Waals surface area contributed by atoms with Crippen LogP contribution in [0.1, 0.15) is 53.4 Å². The van der Waals surface area contributed by atoms with Crippen LogP contribution in [0, 0.1) is 17.7 Å². The maximum Gasteiger partial charge on any atom is 0.407 e. The molecular weight excluding hydrogens is 800 g/mol. The van der Waals surface area contributed by atoms with Gasteiger partial charge in [0.2, 0.25) is 23.6 Å². The Bertz CT molecular complexity index is 2120. The summed E-state index contributed by atoms with van der Waals surface area (Å²) in [5, 5.41) is 11.0. The van der Waals surface area contributed by atoms with Crippen LogP contribution in [0.5, 0.6) is 0 Å². The summed E-state index contributed by atoms with van der Waals surface area (Å²) in [6.45, 7) is 8.00. The van der Waals surface area contributed by atoms with E-state index < -0.39 is 42.2 Å². The molecule has 4 N–H and O–H groups in total. The van der Waals surface area contributed by atoms with Gasteiger partial charge in [-0.3, -0.25) is 19.2 Å². The highest BCUT2D eigenvalue weighted by atomic mass is 19.1. The fourth-order valence-corrected chi connectivity index (χ4v) is 7.94. The third-order valence-electron chi connectivity index (χ3n) is 11.3. The van der Waals surface area contributed by atoms with Crippen molar-refractivity contribution in [3.05, 3.63) is 84.9 Å². The van der Waals surface area contributed by atoms with Crippen molar-refractivity contribution in [2.45, 2.75) is 77.5 Å². The topological polar surface area (TPSA) is 189 Å². The molecule has 6 amide bonds. The number of carbonyl (C=O) groups is 6. The number of alkyl carbamates (subject to hydrolysis) is 2. The standard InChI is InChI=1S/C46H53FN6O9/c1-26(2)38(50-45(58)60-5)43(56)52-23-7-9-35(52)41(54)48-32-19-13-28(14-20-32)34-25-62-40(37(34)29-11-17-31(47)18-12-29)30-15-21-33(22-16-30)49-42(55)36-10-8-24-53(36)44(57)39(27(3)4)51-46(59)61-6/h11-22,25-27,35-36,38-39H,7-10,23-24H2,1-6H3,(H,48,54)(H,49,55)(H,50,58)(H,51,59)/t35-,36-,38-,39-/m0/s1. The van der Waals surface area contributed by atoms with Gasteiger partial charge in [0.05, 0.1) is 20.5 Å². The van der Waals surface area contributed by atoms with Gasteiger partial charge < -0.3 is 45.0 Å². The lowest BCUT2D eigenvalue weighted by Crippen LogP contribution is -2.54. The highest BCUT2D eigenvalue weighted by Crippen LogP contribution is 2.42. The molecule has 6 rings (SSSR count). The second kappa shape index (κ2) is 19.8. The Hall–Kier alpha value is -6.71. The minimum atomic E-state index is -0.850. The van der Waals surface area contributed by atoms with Crippen LogP contribution < -0.4 is 21.3 Å². The average molecular weight is 853 g/mol. The van der Waals surface area contributed by atoms with Crippen LogP contribution in [0.25, 0.3) is 33.6 Å². The molecule has 1 aromatic heterocycles. The second-order valence-corrected chi connectivity index (χ2v) is 16.1. The normalized spacial score (nSPS) is 17.0. The van der Waals surface area contributed by atoms with Crippen LogP contribution in [-0.4, -0.2) is 97.1 Å². The van der Waals surface area contributed by atoms with Gasteiger partial charge in [-0.25, -0.2) is 14.0 Å². The first-order valence-electron chi connectivity index (χ1n) is 20.7. The summed E-state index contributed by atoms with van der Waals surface area (Å²) >= 11 is 0. The molecule has 0 unspecified atom stereocenters. The number of nitrogens with zero attached hydrogens (tertiary/aromatic N) is 2. The zero-order chi connectivity index (χ0) is 44.7. The molecule has 2 aliphatic heterocycles. The van der Waals surface area contributed by atoms with Crippen molar-refractivity contribution < 1.29 is 47.0 Å². The molecule has 15 nitrogen and oxygen atoms in total. The summed E-state index contributed by atoms with van der Waals surface area (Å²) < 4.78 is 29.7. The van der Waals surface area contributed by atoms with Crippen molar-refractivity contribution in [2.24, 2.45) is 11.8 Å². The fourth-order valence-electron chi connectivity index (χ4n) is 7.94. The zero-order valence-corrected chi connectivity index (χ0v) is 35.7. The molecule has 2 saturated heterocycles. The van der Waals surface area contributed by atoms with Crippen molar-refractivity contribution >= 4 is 47.2 Å². The lowest BCUT2D eigenvalue weighted by molar-refractivity contribution is -0.139. The quantitative estimate of drug-likeness (QED) is 0.109. The van der Waals surface area contributed by atoms with Crippen molar-refractivity contribution in [1.29, 1.82) is 0 Å². The van der Waals surface area contributed by atoms with Crippen molar-refractivity contribution in [1.82, 2.24) is 20.4 Å². The molecule has 3 aromatic carbocycles. The summed E-state index contributed by atoms with van der Waals surface area (Å²) in [5.74, 6) is -1.76. The van der Waals surface area contributed by atoms with E-state index in [1.165, 1.54) is 36.2 Å². The summed E-state index contributed by atoms with van der Waals surface area (Å²) in [5.41, 5.74) is 4.55. The number of amides is 6. The number of methoxy groups -OCH3 is 2. The maximum absolute atomic E-state index is 14.1. The molecule has 16 heteroatoms. The van der Waals surface area contributed by atoms with E-state index in [4.69, 9.17) is 13.9 Å².